The number of carboxylic acids is 1. The van der Waals surface area contributed by atoms with Gasteiger partial charge in [-0.1, -0.05) is 12.1 Å². The summed E-state index contributed by atoms with van der Waals surface area (Å²) in [5.41, 5.74) is -0.320. The van der Waals surface area contributed by atoms with Crippen LogP contribution in [0.15, 0.2) is 35.4 Å². The average molecular weight is 306 g/mol. The predicted octanol–water partition coefficient (Wildman–Crippen LogP) is 0.791. The highest BCUT2D eigenvalue weighted by molar-refractivity contribution is 7.92. The van der Waals surface area contributed by atoms with Crippen molar-refractivity contribution in [3.63, 3.8) is 0 Å². The van der Waals surface area contributed by atoms with Crippen molar-refractivity contribution in [3.8, 4) is 6.07 Å². The van der Waals surface area contributed by atoms with E-state index in [4.69, 9.17) is 10.4 Å². The lowest BCUT2D eigenvalue weighted by atomic mass is 10.2. The van der Waals surface area contributed by atoms with Gasteiger partial charge >= 0.3 is 5.97 Å². The summed E-state index contributed by atoms with van der Waals surface area (Å²) < 4.78 is 27.9. The third kappa shape index (κ3) is 2.70. The molecule has 9 heteroatoms. The molecule has 1 aromatic carbocycles. The zero-order chi connectivity index (χ0) is 15.6. The minimum atomic E-state index is -4.10. The summed E-state index contributed by atoms with van der Waals surface area (Å²) in [7, 11) is -2.70. The molecule has 21 heavy (non-hydrogen) atoms. The Morgan fingerprint density at radius 3 is 2.71 bits per heavy atom. The van der Waals surface area contributed by atoms with Crippen molar-refractivity contribution < 1.29 is 18.3 Å². The van der Waals surface area contributed by atoms with Crippen LogP contribution in [-0.2, 0) is 17.1 Å². The molecule has 0 spiro atoms. The highest BCUT2D eigenvalue weighted by Gasteiger charge is 2.23. The molecule has 2 rings (SSSR count). The average Bonchev–Trinajstić information content (AvgIpc) is 2.80. The van der Waals surface area contributed by atoms with E-state index in [9.17, 15) is 13.2 Å². The van der Waals surface area contributed by atoms with E-state index in [2.05, 4.69) is 9.82 Å². The molecule has 0 aliphatic carbocycles. The first-order valence-corrected chi connectivity index (χ1v) is 7.12. The van der Waals surface area contributed by atoms with E-state index in [-0.39, 0.29) is 21.8 Å². The number of hydrogen-bond donors (Lipinski definition) is 2. The van der Waals surface area contributed by atoms with Crippen LogP contribution >= 0.6 is 0 Å². The predicted molar refractivity (Wildman–Crippen MR) is 72.1 cm³/mol. The molecule has 108 valence electrons. The molecule has 0 saturated heterocycles. The Bertz CT molecular complexity index is 848. The van der Waals surface area contributed by atoms with Gasteiger partial charge in [0.2, 0.25) is 0 Å². The van der Waals surface area contributed by atoms with Crippen LogP contribution in [0.3, 0.4) is 0 Å². The van der Waals surface area contributed by atoms with Crippen LogP contribution in [0.4, 0.5) is 5.82 Å². The summed E-state index contributed by atoms with van der Waals surface area (Å²) in [6.45, 7) is 0. The molecule has 8 nitrogen and oxygen atoms in total. The Kier molecular flexibility index (Phi) is 3.64. The van der Waals surface area contributed by atoms with Crippen LogP contribution in [-0.4, -0.2) is 29.3 Å². The maximum absolute atomic E-state index is 12.3. The van der Waals surface area contributed by atoms with Crippen LogP contribution in [0.25, 0.3) is 0 Å². The number of sulfonamides is 1. The summed E-state index contributed by atoms with van der Waals surface area (Å²) in [4.78, 5) is 10.8. The third-order valence-electron chi connectivity index (χ3n) is 2.70. The molecule has 0 atom stereocenters. The van der Waals surface area contributed by atoms with Gasteiger partial charge in [0.25, 0.3) is 10.0 Å². The zero-order valence-corrected chi connectivity index (χ0v) is 11.6. The number of carbonyl (C=O) groups is 1. The molecule has 1 aromatic heterocycles. The fraction of sp³-hybridized carbons (Fsp3) is 0.0833. The maximum Gasteiger partial charge on any atom is 0.341 e. The number of aromatic carboxylic acids is 1. The molecule has 0 unspecified atom stereocenters. The second-order valence-electron chi connectivity index (χ2n) is 4.05. The highest BCUT2D eigenvalue weighted by atomic mass is 32.2. The van der Waals surface area contributed by atoms with Gasteiger partial charge in [0.1, 0.15) is 16.5 Å². The van der Waals surface area contributed by atoms with Crippen LogP contribution in [0.5, 0.6) is 0 Å². The van der Waals surface area contributed by atoms with Crippen molar-refractivity contribution in [1.29, 1.82) is 5.26 Å². The van der Waals surface area contributed by atoms with Crippen LogP contribution < -0.4 is 4.72 Å². The maximum atomic E-state index is 12.3. The number of anilines is 1. The Balaban J connectivity index is 2.51. The molecular formula is C12H10N4O4S. The van der Waals surface area contributed by atoms with E-state index >= 15 is 0 Å². The number of aromatic nitrogens is 2. The van der Waals surface area contributed by atoms with Gasteiger partial charge in [0.15, 0.2) is 5.82 Å². The molecule has 1 heterocycles. The number of carboxylic acid groups (broad SMARTS) is 1. The number of nitrogens with one attached hydrogen (secondary N) is 1. The summed E-state index contributed by atoms with van der Waals surface area (Å²) >= 11 is 0. The SMILES string of the molecule is Cn1ncc(C(=O)O)c1NS(=O)(=O)c1ccccc1C#N. The molecule has 2 N–H and O–H groups in total. The first kappa shape index (κ1) is 14.5. The lowest BCUT2D eigenvalue weighted by molar-refractivity contribution is 0.0698. The Labute approximate surface area is 120 Å². The van der Waals surface area contributed by atoms with Crippen molar-refractivity contribution in [2.45, 2.75) is 4.90 Å². The summed E-state index contributed by atoms with van der Waals surface area (Å²) in [5, 5.41) is 21.7. The highest BCUT2D eigenvalue weighted by Crippen LogP contribution is 2.21. The second-order valence-corrected chi connectivity index (χ2v) is 5.70. The van der Waals surface area contributed by atoms with E-state index in [0.29, 0.717) is 0 Å². The monoisotopic (exact) mass is 306 g/mol. The number of nitrogens with zero attached hydrogens (tertiary/aromatic N) is 3. The fourth-order valence-corrected chi connectivity index (χ4v) is 2.96. The molecule has 0 aliphatic heterocycles. The standard InChI is InChI=1S/C12H10N4O4S/c1-16-11(9(7-14-16)12(17)18)15-21(19,20)10-5-3-2-4-8(10)6-13/h2-5,7,15H,1H3,(H,17,18). The second kappa shape index (κ2) is 5.26. The first-order valence-electron chi connectivity index (χ1n) is 5.64. The molecule has 0 aliphatic rings. The van der Waals surface area contributed by atoms with Gasteiger partial charge in [0, 0.05) is 7.05 Å². The lowest BCUT2D eigenvalue weighted by Crippen LogP contribution is -2.18. The molecular weight excluding hydrogens is 296 g/mol. The van der Waals surface area contributed by atoms with Crippen molar-refractivity contribution in [2.75, 3.05) is 4.72 Å². The Morgan fingerprint density at radius 2 is 2.10 bits per heavy atom. The van der Waals surface area contributed by atoms with Crippen molar-refractivity contribution in [2.24, 2.45) is 7.05 Å². The van der Waals surface area contributed by atoms with Gasteiger partial charge in [0.05, 0.1) is 11.8 Å². The summed E-state index contributed by atoms with van der Waals surface area (Å²) in [6, 6.07) is 7.40. The van der Waals surface area contributed by atoms with Crippen LogP contribution in [0, 0.1) is 11.3 Å². The minimum absolute atomic E-state index is 0.0379. The van der Waals surface area contributed by atoms with Gasteiger partial charge < -0.3 is 5.11 Å². The zero-order valence-electron chi connectivity index (χ0n) is 10.8. The quantitative estimate of drug-likeness (QED) is 0.860. The van der Waals surface area contributed by atoms with Gasteiger partial charge in [-0.25, -0.2) is 13.2 Å². The van der Waals surface area contributed by atoms with Gasteiger partial charge in [-0.15, -0.1) is 0 Å². The fourth-order valence-electron chi connectivity index (χ4n) is 1.69. The minimum Gasteiger partial charge on any atom is -0.477 e. The number of nitriles is 1. The third-order valence-corrected chi connectivity index (χ3v) is 4.09. The van der Waals surface area contributed by atoms with Crippen LogP contribution in [0.2, 0.25) is 0 Å². The van der Waals surface area contributed by atoms with Crippen molar-refractivity contribution in [1.82, 2.24) is 9.78 Å². The van der Waals surface area contributed by atoms with Crippen molar-refractivity contribution in [3.05, 3.63) is 41.6 Å². The molecule has 0 bridgehead atoms. The largest absolute Gasteiger partial charge is 0.477 e. The molecule has 0 radical (unpaired) electrons. The van der Waals surface area contributed by atoms with E-state index in [0.717, 1.165) is 10.9 Å². The number of aryl methyl sites for hydroxylation is 1. The Morgan fingerprint density at radius 1 is 1.43 bits per heavy atom. The lowest BCUT2D eigenvalue weighted by Gasteiger charge is -2.10. The van der Waals surface area contributed by atoms with E-state index in [1.165, 1.54) is 31.3 Å². The van der Waals surface area contributed by atoms with E-state index < -0.39 is 16.0 Å². The van der Waals surface area contributed by atoms with Gasteiger partial charge in [-0.3, -0.25) is 9.40 Å². The van der Waals surface area contributed by atoms with Gasteiger partial charge in [-0.05, 0) is 12.1 Å². The molecule has 2 aromatic rings. The van der Waals surface area contributed by atoms with Crippen LogP contribution in [0.1, 0.15) is 15.9 Å². The normalized spacial score (nSPS) is 10.9. The topological polar surface area (TPSA) is 125 Å². The Hall–Kier alpha value is -2.86. The summed E-state index contributed by atoms with van der Waals surface area (Å²) in [5.74, 6) is -1.50. The molecule has 0 amide bonds. The first-order chi connectivity index (χ1) is 9.86. The smallest absolute Gasteiger partial charge is 0.341 e. The molecule has 0 fully saturated rings. The number of hydrogen-bond acceptors (Lipinski definition) is 5. The number of rotatable bonds is 4. The van der Waals surface area contributed by atoms with Crippen molar-refractivity contribution >= 4 is 21.8 Å². The summed E-state index contributed by atoms with van der Waals surface area (Å²) in [6.07, 6.45) is 1.04. The number of benzene rings is 1. The van der Waals surface area contributed by atoms with Gasteiger partial charge in [-0.2, -0.15) is 10.4 Å². The van der Waals surface area contributed by atoms with E-state index in [1.54, 1.807) is 6.07 Å². The molecule has 0 saturated carbocycles. The van der Waals surface area contributed by atoms with E-state index in [1.807, 2.05) is 0 Å².